The summed E-state index contributed by atoms with van der Waals surface area (Å²) in [5.41, 5.74) is 2.76. The maximum Gasteiger partial charge on any atom is 0.291 e. The van der Waals surface area contributed by atoms with Crippen LogP contribution in [0.1, 0.15) is 39.2 Å². The maximum absolute atomic E-state index is 13.3. The topological polar surface area (TPSA) is 134 Å². The van der Waals surface area contributed by atoms with Crippen molar-refractivity contribution in [2.75, 3.05) is 25.1 Å². The van der Waals surface area contributed by atoms with Crippen LogP contribution >= 0.6 is 0 Å². The van der Waals surface area contributed by atoms with E-state index in [2.05, 4.69) is 35.5 Å². The summed E-state index contributed by atoms with van der Waals surface area (Å²) in [5, 5.41) is 14.0. The zero-order valence-corrected chi connectivity index (χ0v) is 21.8. The first kappa shape index (κ1) is 24.7. The van der Waals surface area contributed by atoms with Crippen molar-refractivity contribution in [3.63, 3.8) is 0 Å². The van der Waals surface area contributed by atoms with Gasteiger partial charge < -0.3 is 15.0 Å². The van der Waals surface area contributed by atoms with Gasteiger partial charge in [0.1, 0.15) is 35.9 Å². The number of carbonyl (C=O) groups is 2. The number of aryl methyl sites for hydroxylation is 1. The molecule has 2 aliphatic heterocycles. The number of rotatable bonds is 6. The molecule has 2 amide bonds. The predicted molar refractivity (Wildman–Crippen MR) is 141 cm³/mol. The molecule has 12 heteroatoms. The highest BCUT2D eigenvalue weighted by Gasteiger charge is 2.32. The van der Waals surface area contributed by atoms with E-state index in [9.17, 15) is 9.59 Å². The fourth-order valence-electron chi connectivity index (χ4n) is 4.94. The van der Waals surface area contributed by atoms with Crippen molar-refractivity contribution in [3.05, 3.63) is 83.0 Å². The Bertz CT molecular complexity index is 1510. The van der Waals surface area contributed by atoms with Crippen LogP contribution in [0.4, 0.5) is 5.69 Å². The van der Waals surface area contributed by atoms with E-state index >= 15 is 0 Å². The maximum atomic E-state index is 13.3. The van der Waals surface area contributed by atoms with Crippen molar-refractivity contribution >= 4 is 17.5 Å². The van der Waals surface area contributed by atoms with E-state index in [0.29, 0.717) is 36.8 Å². The van der Waals surface area contributed by atoms with Gasteiger partial charge in [-0.05, 0) is 30.2 Å². The molecule has 1 unspecified atom stereocenters. The number of carbonyl (C=O) groups excluding carboxylic acids is 2. The molecule has 0 aliphatic carbocycles. The Morgan fingerprint density at radius 3 is 2.82 bits per heavy atom. The van der Waals surface area contributed by atoms with E-state index < -0.39 is 11.9 Å². The minimum atomic E-state index is -0.883. The van der Waals surface area contributed by atoms with Crippen LogP contribution in [0.3, 0.4) is 0 Å². The van der Waals surface area contributed by atoms with Crippen molar-refractivity contribution < 1.29 is 14.3 Å². The third kappa shape index (κ3) is 5.23. The molecule has 4 aromatic rings. The van der Waals surface area contributed by atoms with E-state index in [1.54, 1.807) is 7.05 Å². The second kappa shape index (κ2) is 10.3. The van der Waals surface area contributed by atoms with Crippen LogP contribution in [0.2, 0.25) is 0 Å². The largest absolute Gasteiger partial charge is 0.489 e. The lowest BCUT2D eigenvalue weighted by atomic mass is 10.1. The first-order valence-corrected chi connectivity index (χ1v) is 12.8. The molecule has 12 nitrogen and oxygen atoms in total. The van der Waals surface area contributed by atoms with Crippen molar-refractivity contribution in [1.29, 1.82) is 0 Å². The van der Waals surface area contributed by atoms with E-state index in [1.165, 1.54) is 4.90 Å². The number of H-pyrrole nitrogens is 1. The van der Waals surface area contributed by atoms with Crippen LogP contribution in [0.5, 0.6) is 5.75 Å². The second-order valence-electron chi connectivity index (χ2n) is 9.81. The number of nitrogens with one attached hydrogen (secondary N) is 2. The van der Waals surface area contributed by atoms with Gasteiger partial charge in [0.2, 0.25) is 5.82 Å². The average Bonchev–Trinajstić information content (AvgIpc) is 3.54. The highest BCUT2D eigenvalue weighted by Crippen LogP contribution is 2.32. The van der Waals surface area contributed by atoms with Crippen molar-refractivity contribution in [2.24, 2.45) is 0 Å². The second-order valence-corrected chi connectivity index (χ2v) is 9.81. The van der Waals surface area contributed by atoms with Crippen LogP contribution in [-0.2, 0) is 30.8 Å². The first-order valence-electron chi connectivity index (χ1n) is 12.8. The highest BCUT2D eigenvalue weighted by molar-refractivity contribution is 6.02. The van der Waals surface area contributed by atoms with Gasteiger partial charge in [-0.25, -0.2) is 14.6 Å². The number of amides is 2. The Kier molecular flexibility index (Phi) is 6.53. The highest BCUT2D eigenvalue weighted by atomic mass is 16.5. The third-order valence-corrected chi connectivity index (χ3v) is 6.93. The Morgan fingerprint density at radius 1 is 1.13 bits per heavy atom. The smallest absolute Gasteiger partial charge is 0.291 e. The molecule has 0 spiro atoms. The number of aromatic amines is 1. The molecule has 0 saturated carbocycles. The number of ether oxygens (including phenoxy) is 1. The summed E-state index contributed by atoms with van der Waals surface area (Å²) in [4.78, 5) is 38.8. The summed E-state index contributed by atoms with van der Waals surface area (Å²) in [6.07, 6.45) is 0.518. The van der Waals surface area contributed by atoms with Gasteiger partial charge in [0.05, 0.1) is 18.8 Å². The fourth-order valence-corrected chi connectivity index (χ4v) is 4.94. The summed E-state index contributed by atoms with van der Waals surface area (Å²) in [6, 6.07) is 14.7. The van der Waals surface area contributed by atoms with E-state index in [1.807, 2.05) is 60.1 Å². The Balaban J connectivity index is 1.11. The molecule has 0 fully saturated rings. The molecule has 2 aromatic heterocycles. The molecule has 6 rings (SSSR count). The quantitative estimate of drug-likeness (QED) is 0.385. The predicted octanol–water partition coefficient (Wildman–Crippen LogP) is 1.47. The Hall–Kier alpha value is -4.58. The van der Waals surface area contributed by atoms with Gasteiger partial charge in [-0.15, -0.1) is 5.10 Å². The van der Waals surface area contributed by atoms with Crippen molar-refractivity contribution in [3.8, 4) is 5.75 Å². The molecule has 200 valence electrons. The zero-order chi connectivity index (χ0) is 26.9. The lowest BCUT2D eigenvalue weighted by molar-refractivity contribution is -0.120. The Labute approximate surface area is 225 Å². The molecular weight excluding hydrogens is 498 g/mol. The minimum Gasteiger partial charge on any atom is -0.489 e. The monoisotopic (exact) mass is 527 g/mol. The number of nitrogens with zero attached hydrogens (tertiary/aromatic N) is 7. The van der Waals surface area contributed by atoms with Crippen LogP contribution in [0, 0.1) is 6.92 Å². The number of fused-ring (bicyclic) bond motifs is 2. The molecule has 1 atom stereocenters. The van der Waals surface area contributed by atoms with Crippen LogP contribution in [-0.4, -0.2) is 72.9 Å². The number of benzene rings is 2. The lowest BCUT2D eigenvalue weighted by Gasteiger charge is -2.27. The summed E-state index contributed by atoms with van der Waals surface area (Å²) in [5.74, 6) is 2.06. The number of hydrogen-bond donors (Lipinski definition) is 2. The number of aromatic nitrogens is 6. The molecule has 0 bridgehead atoms. The molecule has 0 saturated heterocycles. The minimum absolute atomic E-state index is 0.00366. The van der Waals surface area contributed by atoms with Gasteiger partial charge in [0.15, 0.2) is 0 Å². The molecule has 4 heterocycles. The molecule has 2 aromatic carbocycles. The van der Waals surface area contributed by atoms with Crippen LogP contribution < -0.4 is 15.0 Å². The molecule has 39 heavy (non-hydrogen) atoms. The lowest BCUT2D eigenvalue weighted by Crippen LogP contribution is -2.49. The van der Waals surface area contributed by atoms with Gasteiger partial charge >= 0.3 is 0 Å². The number of hydrogen-bond acceptors (Lipinski definition) is 8. The average molecular weight is 528 g/mol. The number of likely N-dealkylation sites (N-methyl/N-ethyl adjacent to an activating group) is 1. The normalized spacial score (nSPS) is 17.2. The standard InChI is InChI=1S/C27H29N9O3/c1-17-28-24-15-35(10-11-36(24)33-17)14-19-8-9-22-21(12-19)34(2)27(38)20(16-39-22)29-26(37)25-30-23(31-32-25)13-18-6-4-3-5-7-18/h3-9,12,20H,10-11,13-16H2,1-2H3,(H,29,37)(H,30,31,32). The SMILES string of the molecule is Cc1nc2n(n1)CCN(Cc1ccc3c(c1)N(C)C(=O)C(NC(=O)c1n[nH]c(Cc4ccccc4)n1)CO3)C2. The summed E-state index contributed by atoms with van der Waals surface area (Å²) < 4.78 is 7.91. The summed E-state index contributed by atoms with van der Waals surface area (Å²) >= 11 is 0. The molecule has 0 radical (unpaired) electrons. The van der Waals surface area contributed by atoms with E-state index in [0.717, 1.165) is 35.9 Å². The fraction of sp³-hybridized carbons (Fsp3) is 0.333. The summed E-state index contributed by atoms with van der Waals surface area (Å²) in [7, 11) is 1.69. The van der Waals surface area contributed by atoms with Crippen molar-refractivity contribution in [1.82, 2.24) is 40.2 Å². The van der Waals surface area contributed by atoms with E-state index in [4.69, 9.17) is 4.74 Å². The molecular formula is C27H29N9O3. The van der Waals surface area contributed by atoms with Gasteiger partial charge in [-0.3, -0.25) is 19.6 Å². The van der Waals surface area contributed by atoms with Crippen LogP contribution in [0.15, 0.2) is 48.5 Å². The number of anilines is 1. The Morgan fingerprint density at radius 2 is 1.97 bits per heavy atom. The summed E-state index contributed by atoms with van der Waals surface area (Å²) in [6.45, 7) is 4.98. The first-order chi connectivity index (χ1) is 18.9. The molecule has 2 N–H and O–H groups in total. The van der Waals surface area contributed by atoms with E-state index in [-0.39, 0.29) is 18.3 Å². The third-order valence-electron chi connectivity index (χ3n) is 6.93. The van der Waals surface area contributed by atoms with Gasteiger partial charge in [-0.2, -0.15) is 5.10 Å². The van der Waals surface area contributed by atoms with Crippen molar-refractivity contribution in [2.45, 2.75) is 39.0 Å². The zero-order valence-electron chi connectivity index (χ0n) is 21.8. The van der Waals surface area contributed by atoms with Gasteiger partial charge in [0, 0.05) is 26.6 Å². The van der Waals surface area contributed by atoms with Gasteiger partial charge in [-0.1, -0.05) is 36.4 Å². The van der Waals surface area contributed by atoms with Crippen LogP contribution in [0.25, 0.3) is 0 Å². The molecule has 2 aliphatic rings. The van der Waals surface area contributed by atoms with Gasteiger partial charge in [0.25, 0.3) is 11.8 Å².